The molecule has 2 saturated carbocycles. The van der Waals surface area contributed by atoms with Gasteiger partial charge in [-0.05, 0) is 30.6 Å². The molecule has 3 fully saturated rings. The van der Waals surface area contributed by atoms with Gasteiger partial charge in [-0.1, -0.05) is 13.8 Å². The number of carbonyl (C=O) groups is 1. The van der Waals surface area contributed by atoms with Gasteiger partial charge >= 0.3 is 0 Å². The number of nitrogens with one attached hydrogen (secondary N) is 1. The first-order valence-electron chi connectivity index (χ1n) is 5.36. The minimum atomic E-state index is 0.290. The lowest BCUT2D eigenvalue weighted by molar-refractivity contribution is -0.120. The number of hydrogen-bond acceptors (Lipinski definition) is 1. The number of carbonyl (C=O) groups excluding carboxylic acids is 1. The molecule has 2 heteroatoms. The zero-order valence-electron chi connectivity index (χ0n) is 8.39. The summed E-state index contributed by atoms with van der Waals surface area (Å²) in [6, 6.07) is 0.508. The van der Waals surface area contributed by atoms with Crippen LogP contribution in [0.15, 0.2) is 0 Å². The summed E-state index contributed by atoms with van der Waals surface area (Å²) in [5.74, 6) is 1.15. The highest BCUT2D eigenvalue weighted by Gasteiger charge is 2.67. The van der Waals surface area contributed by atoms with E-state index in [9.17, 15) is 4.79 Å². The smallest absolute Gasteiger partial charge is 0.220 e. The molecule has 2 nitrogen and oxygen atoms in total. The van der Waals surface area contributed by atoms with E-state index in [-0.39, 0.29) is 0 Å². The van der Waals surface area contributed by atoms with Crippen LogP contribution in [-0.4, -0.2) is 11.9 Å². The maximum Gasteiger partial charge on any atom is 0.220 e. The van der Waals surface area contributed by atoms with E-state index in [1.807, 2.05) is 0 Å². The van der Waals surface area contributed by atoms with Crippen molar-refractivity contribution in [3.63, 3.8) is 0 Å². The molecule has 0 radical (unpaired) electrons. The van der Waals surface area contributed by atoms with Crippen LogP contribution in [0.3, 0.4) is 0 Å². The largest absolute Gasteiger partial charge is 0.353 e. The van der Waals surface area contributed by atoms with Gasteiger partial charge in [-0.15, -0.1) is 0 Å². The summed E-state index contributed by atoms with van der Waals surface area (Å²) in [6.45, 7) is 4.73. The average molecular weight is 179 g/mol. The molecule has 1 spiro atoms. The van der Waals surface area contributed by atoms with Gasteiger partial charge in [0, 0.05) is 17.9 Å². The lowest BCUT2D eigenvalue weighted by Crippen LogP contribution is -2.38. The number of hydrogen-bond donors (Lipinski definition) is 1. The fourth-order valence-electron chi connectivity index (χ4n) is 4.24. The Morgan fingerprint density at radius 1 is 1.46 bits per heavy atom. The lowest BCUT2D eigenvalue weighted by atomic mass is 9.67. The third-order valence-corrected chi connectivity index (χ3v) is 5.24. The van der Waals surface area contributed by atoms with E-state index in [0.717, 1.165) is 12.3 Å². The average Bonchev–Trinajstić information content (AvgIpc) is 2.55. The van der Waals surface area contributed by atoms with E-state index in [1.54, 1.807) is 0 Å². The Bertz CT molecular complexity index is 284. The van der Waals surface area contributed by atoms with Crippen LogP contribution in [0.2, 0.25) is 0 Å². The maximum absolute atomic E-state index is 11.4. The highest BCUT2D eigenvalue weighted by atomic mass is 16.2. The van der Waals surface area contributed by atoms with Crippen LogP contribution in [0.4, 0.5) is 0 Å². The van der Waals surface area contributed by atoms with E-state index in [2.05, 4.69) is 19.2 Å². The maximum atomic E-state index is 11.4. The Labute approximate surface area is 79.1 Å². The molecule has 1 N–H and O–H groups in total. The molecule has 3 aliphatic rings. The molecular weight excluding hydrogens is 162 g/mol. The summed E-state index contributed by atoms with van der Waals surface area (Å²) in [4.78, 5) is 11.4. The molecular formula is C11H17NO. The van der Waals surface area contributed by atoms with E-state index >= 15 is 0 Å². The molecule has 0 aromatic carbocycles. The Morgan fingerprint density at radius 3 is 2.85 bits per heavy atom. The van der Waals surface area contributed by atoms with Gasteiger partial charge in [-0.3, -0.25) is 4.79 Å². The van der Waals surface area contributed by atoms with Gasteiger partial charge in [0.15, 0.2) is 0 Å². The summed E-state index contributed by atoms with van der Waals surface area (Å²) in [6.07, 6.45) is 4.65. The highest BCUT2D eigenvalue weighted by Crippen LogP contribution is 2.68. The topological polar surface area (TPSA) is 29.1 Å². The Hall–Kier alpha value is -0.530. The van der Waals surface area contributed by atoms with Gasteiger partial charge in [0.2, 0.25) is 5.91 Å². The van der Waals surface area contributed by atoms with Crippen molar-refractivity contribution in [1.29, 1.82) is 0 Å². The molecule has 72 valence electrons. The Balaban J connectivity index is 2.09. The van der Waals surface area contributed by atoms with E-state index in [1.165, 1.54) is 19.3 Å². The van der Waals surface area contributed by atoms with Crippen LogP contribution in [0, 0.1) is 16.7 Å². The van der Waals surface area contributed by atoms with E-state index in [4.69, 9.17) is 0 Å². The normalized spacial score (nSPS) is 50.8. The van der Waals surface area contributed by atoms with Gasteiger partial charge in [-0.2, -0.15) is 0 Å². The molecule has 1 saturated heterocycles. The second-order valence-corrected chi connectivity index (χ2v) is 5.65. The van der Waals surface area contributed by atoms with Gasteiger partial charge in [-0.25, -0.2) is 0 Å². The molecule has 13 heavy (non-hydrogen) atoms. The predicted octanol–water partition coefficient (Wildman–Crippen LogP) is 1.70. The predicted molar refractivity (Wildman–Crippen MR) is 50.1 cm³/mol. The Morgan fingerprint density at radius 2 is 2.23 bits per heavy atom. The molecule has 1 heterocycles. The van der Waals surface area contributed by atoms with Crippen LogP contribution in [0.25, 0.3) is 0 Å². The molecule has 1 aliphatic heterocycles. The summed E-state index contributed by atoms with van der Waals surface area (Å²) in [5, 5.41) is 3.15. The van der Waals surface area contributed by atoms with Crippen LogP contribution in [-0.2, 0) is 4.79 Å². The van der Waals surface area contributed by atoms with Crippen molar-refractivity contribution in [2.45, 2.75) is 45.6 Å². The standard InChI is InChI=1S/C11H17NO/c1-10(2)7-3-4-11(10)6-9(13)12-8(11)5-7/h7-8H,3-6H2,1-2H3,(H,12,13)/t7?,8-,11?/m0/s1. The summed E-state index contributed by atoms with van der Waals surface area (Å²) in [5.41, 5.74) is 0.728. The van der Waals surface area contributed by atoms with Crippen LogP contribution in [0.5, 0.6) is 0 Å². The zero-order valence-corrected chi connectivity index (χ0v) is 8.39. The van der Waals surface area contributed by atoms with Gasteiger partial charge < -0.3 is 5.32 Å². The van der Waals surface area contributed by atoms with Crippen molar-refractivity contribution in [2.75, 3.05) is 0 Å². The van der Waals surface area contributed by atoms with Crippen molar-refractivity contribution in [3.05, 3.63) is 0 Å². The van der Waals surface area contributed by atoms with E-state index in [0.29, 0.717) is 22.8 Å². The van der Waals surface area contributed by atoms with Crippen LogP contribution in [0.1, 0.15) is 39.5 Å². The fraction of sp³-hybridized carbons (Fsp3) is 0.909. The first kappa shape index (κ1) is 7.84. The first-order chi connectivity index (χ1) is 6.06. The molecule has 0 aromatic rings. The third kappa shape index (κ3) is 0.660. The van der Waals surface area contributed by atoms with Crippen molar-refractivity contribution >= 4 is 5.91 Å². The SMILES string of the molecule is CC1(C)C2CCC13CC(=O)N[C@H]3C2. The van der Waals surface area contributed by atoms with E-state index < -0.39 is 0 Å². The fourth-order valence-corrected chi connectivity index (χ4v) is 4.24. The summed E-state index contributed by atoms with van der Waals surface area (Å²) < 4.78 is 0. The van der Waals surface area contributed by atoms with Gasteiger partial charge in [0.05, 0.1) is 0 Å². The molecule has 1 amide bonds. The molecule has 2 unspecified atom stereocenters. The molecule has 2 aliphatic carbocycles. The monoisotopic (exact) mass is 179 g/mol. The quantitative estimate of drug-likeness (QED) is 0.602. The number of fused-ring (bicyclic) bond motifs is 1. The van der Waals surface area contributed by atoms with Crippen molar-refractivity contribution < 1.29 is 4.79 Å². The first-order valence-corrected chi connectivity index (χ1v) is 5.36. The van der Waals surface area contributed by atoms with Gasteiger partial charge in [0.1, 0.15) is 0 Å². The molecule has 2 bridgehead atoms. The summed E-state index contributed by atoms with van der Waals surface area (Å²) >= 11 is 0. The highest BCUT2D eigenvalue weighted by molar-refractivity contribution is 5.80. The zero-order chi connectivity index (χ0) is 9.27. The van der Waals surface area contributed by atoms with Crippen LogP contribution >= 0.6 is 0 Å². The number of rotatable bonds is 0. The van der Waals surface area contributed by atoms with Crippen molar-refractivity contribution in [3.8, 4) is 0 Å². The minimum Gasteiger partial charge on any atom is -0.353 e. The molecule has 0 aromatic heterocycles. The number of amides is 1. The van der Waals surface area contributed by atoms with Gasteiger partial charge in [0.25, 0.3) is 0 Å². The van der Waals surface area contributed by atoms with Crippen LogP contribution < -0.4 is 5.32 Å². The molecule has 3 rings (SSSR count). The summed E-state index contributed by atoms with van der Waals surface area (Å²) in [7, 11) is 0. The van der Waals surface area contributed by atoms with Crippen molar-refractivity contribution in [2.24, 2.45) is 16.7 Å². The Kier molecular flexibility index (Phi) is 1.17. The minimum absolute atomic E-state index is 0.290. The lowest BCUT2D eigenvalue weighted by Gasteiger charge is -2.36. The second-order valence-electron chi connectivity index (χ2n) is 5.65. The molecule has 3 atom stereocenters. The van der Waals surface area contributed by atoms with Crippen molar-refractivity contribution in [1.82, 2.24) is 5.32 Å². The second kappa shape index (κ2) is 1.94. The third-order valence-electron chi connectivity index (χ3n) is 5.24.